The zero-order valence-corrected chi connectivity index (χ0v) is 23.9. The monoisotopic (exact) mass is 568 g/mol. The molecule has 0 spiro atoms. The van der Waals surface area contributed by atoms with E-state index in [0.29, 0.717) is 48.8 Å². The van der Waals surface area contributed by atoms with E-state index in [2.05, 4.69) is 0 Å². The summed E-state index contributed by atoms with van der Waals surface area (Å²) >= 11 is 0. The van der Waals surface area contributed by atoms with Gasteiger partial charge in [0.05, 0.1) is 43.2 Å². The zero-order chi connectivity index (χ0) is 29.0. The summed E-state index contributed by atoms with van der Waals surface area (Å²) < 4.78 is 17.5. The molecule has 1 aliphatic heterocycles. The molecule has 1 aromatic heterocycles. The number of carbonyl (C=O) groups is 2. The fourth-order valence-corrected chi connectivity index (χ4v) is 7.37. The first-order valence-corrected chi connectivity index (χ1v) is 14.8. The molecule has 2 heterocycles. The fraction of sp³-hybridized carbons (Fsp3) is 0.412. The Bertz CT molecular complexity index is 1510. The third kappa shape index (κ3) is 4.40. The minimum atomic E-state index is -1.22. The average Bonchev–Trinajstić information content (AvgIpc) is 3.49. The smallest absolute Gasteiger partial charge is 0.254 e. The molecule has 42 heavy (non-hydrogen) atoms. The van der Waals surface area contributed by atoms with E-state index >= 15 is 0 Å². The van der Waals surface area contributed by atoms with Gasteiger partial charge in [-0.25, -0.2) is 0 Å². The SMILES string of the molecule is COc1ccc2c3c1O[C@@H]1C3[C@@](O)(CC[C@H]1N(C)C(=O)/C=C/c1ccoc1)[C@H](N(CC1CC1)C(=O)c1ccccc1)C2. The van der Waals surface area contributed by atoms with Gasteiger partial charge in [-0.2, -0.15) is 0 Å². The number of methoxy groups -OCH3 is 1. The van der Waals surface area contributed by atoms with Crippen molar-refractivity contribution in [2.24, 2.45) is 5.92 Å². The first-order chi connectivity index (χ1) is 20.4. The number of nitrogens with zero attached hydrogens (tertiary/aromatic N) is 2. The van der Waals surface area contributed by atoms with E-state index in [1.807, 2.05) is 47.4 Å². The first-order valence-electron chi connectivity index (χ1n) is 14.8. The molecule has 3 aromatic rings. The van der Waals surface area contributed by atoms with Crippen LogP contribution in [0.25, 0.3) is 6.08 Å². The van der Waals surface area contributed by atoms with Gasteiger partial charge in [0.15, 0.2) is 11.5 Å². The van der Waals surface area contributed by atoms with E-state index in [1.165, 1.54) is 0 Å². The van der Waals surface area contributed by atoms with Crippen LogP contribution in [0.5, 0.6) is 11.5 Å². The summed E-state index contributed by atoms with van der Waals surface area (Å²) in [6.07, 6.45) is 9.65. The van der Waals surface area contributed by atoms with E-state index in [4.69, 9.17) is 13.9 Å². The van der Waals surface area contributed by atoms with Crippen LogP contribution in [-0.4, -0.2) is 71.2 Å². The van der Waals surface area contributed by atoms with Gasteiger partial charge in [0.2, 0.25) is 5.91 Å². The third-order valence-corrected chi connectivity index (χ3v) is 9.73. The van der Waals surface area contributed by atoms with Gasteiger partial charge >= 0.3 is 0 Å². The summed E-state index contributed by atoms with van der Waals surface area (Å²) in [6.45, 7) is 0.623. The van der Waals surface area contributed by atoms with E-state index in [-0.39, 0.29) is 17.9 Å². The number of ether oxygens (including phenoxy) is 2. The highest BCUT2D eigenvalue weighted by Gasteiger charge is 2.63. The summed E-state index contributed by atoms with van der Waals surface area (Å²) in [6, 6.07) is 14.4. The lowest BCUT2D eigenvalue weighted by atomic mass is 9.60. The van der Waals surface area contributed by atoms with Crippen LogP contribution in [0.15, 0.2) is 71.6 Å². The minimum absolute atomic E-state index is 0.0487. The van der Waals surface area contributed by atoms with Crippen molar-refractivity contribution in [1.82, 2.24) is 9.80 Å². The maximum Gasteiger partial charge on any atom is 0.254 e. The lowest BCUT2D eigenvalue weighted by molar-refractivity contribution is -0.141. The Kier molecular flexibility index (Phi) is 6.61. The van der Waals surface area contributed by atoms with Crippen molar-refractivity contribution in [2.75, 3.05) is 20.7 Å². The number of hydrogen-bond donors (Lipinski definition) is 1. The molecule has 2 saturated carbocycles. The average molecular weight is 569 g/mol. The van der Waals surface area contributed by atoms with Gasteiger partial charge in [0, 0.05) is 36.4 Å². The highest BCUT2D eigenvalue weighted by atomic mass is 16.5. The standard InChI is InChI=1S/C34H36N2O6/c1-35(28(37)13-10-22-15-17-41-20-22)25-14-16-34(39)27(36(19-21-8-9-21)33(38)23-6-4-3-5-7-23)18-24-11-12-26(40-2)32-29(24)30(34)31(25)42-32/h3-7,10-13,15,17,20-21,25,27,30-31,39H,8-9,14,16,18-19H2,1-2H3/b13-10+/t25-,27-,30?,31+,34-/m1/s1. The predicted octanol–water partition coefficient (Wildman–Crippen LogP) is 4.68. The quantitative estimate of drug-likeness (QED) is 0.397. The number of likely N-dealkylation sites (N-methyl/N-ethyl adjacent to an activating group) is 1. The van der Waals surface area contributed by atoms with Crippen molar-refractivity contribution in [2.45, 2.75) is 61.8 Å². The molecular formula is C34H36N2O6. The maximum atomic E-state index is 14.1. The first kappa shape index (κ1) is 26.8. The van der Waals surface area contributed by atoms with E-state index in [0.717, 1.165) is 29.5 Å². The Balaban J connectivity index is 1.26. The summed E-state index contributed by atoms with van der Waals surface area (Å²) in [7, 11) is 3.41. The van der Waals surface area contributed by atoms with Gasteiger partial charge in [-0.15, -0.1) is 0 Å². The van der Waals surface area contributed by atoms with Crippen molar-refractivity contribution in [1.29, 1.82) is 0 Å². The molecule has 8 nitrogen and oxygen atoms in total. The molecule has 2 amide bonds. The molecular weight excluding hydrogens is 532 g/mol. The molecule has 1 unspecified atom stereocenters. The van der Waals surface area contributed by atoms with E-state index in [1.54, 1.807) is 49.8 Å². The molecule has 218 valence electrons. The second-order valence-electron chi connectivity index (χ2n) is 12.2. The van der Waals surface area contributed by atoms with Crippen LogP contribution in [0.2, 0.25) is 0 Å². The van der Waals surface area contributed by atoms with Crippen molar-refractivity contribution in [3.8, 4) is 11.5 Å². The second kappa shape index (κ2) is 10.3. The normalized spacial score (nSPS) is 27.3. The highest BCUT2D eigenvalue weighted by Crippen LogP contribution is 2.59. The molecule has 3 aliphatic carbocycles. The van der Waals surface area contributed by atoms with Gasteiger partial charge in [-0.1, -0.05) is 24.3 Å². The molecule has 2 fully saturated rings. The number of aliphatic hydroxyl groups is 1. The molecule has 0 bridgehead atoms. The Labute approximate surface area is 245 Å². The third-order valence-electron chi connectivity index (χ3n) is 9.73. The number of furan rings is 1. The van der Waals surface area contributed by atoms with Gasteiger partial charge in [-0.3, -0.25) is 9.59 Å². The summed E-state index contributed by atoms with van der Waals surface area (Å²) in [5, 5.41) is 12.8. The largest absolute Gasteiger partial charge is 0.493 e. The maximum absolute atomic E-state index is 14.1. The molecule has 4 aliphatic rings. The van der Waals surface area contributed by atoms with Crippen molar-refractivity contribution in [3.05, 3.63) is 89.4 Å². The number of hydrogen-bond acceptors (Lipinski definition) is 6. The summed E-state index contributed by atoms with van der Waals surface area (Å²) in [5.41, 5.74) is 2.23. The summed E-state index contributed by atoms with van der Waals surface area (Å²) in [5.74, 6) is 1.10. The predicted molar refractivity (Wildman–Crippen MR) is 156 cm³/mol. The van der Waals surface area contributed by atoms with Crippen molar-refractivity contribution in [3.63, 3.8) is 0 Å². The second-order valence-corrected chi connectivity index (χ2v) is 12.2. The molecule has 5 atom stereocenters. The number of carbonyl (C=O) groups excluding carboxylic acids is 2. The lowest BCUT2D eigenvalue weighted by Gasteiger charge is -2.54. The van der Waals surface area contributed by atoms with Gasteiger partial charge < -0.3 is 28.8 Å². The van der Waals surface area contributed by atoms with Gasteiger partial charge in [-0.05, 0) is 73.9 Å². The van der Waals surface area contributed by atoms with Crippen molar-refractivity contribution >= 4 is 17.9 Å². The fourth-order valence-electron chi connectivity index (χ4n) is 7.37. The van der Waals surface area contributed by atoms with Gasteiger partial charge in [0.1, 0.15) is 6.10 Å². The van der Waals surface area contributed by atoms with Crippen LogP contribution in [0.1, 0.15) is 58.6 Å². The van der Waals surface area contributed by atoms with Crippen LogP contribution >= 0.6 is 0 Å². The molecule has 2 aromatic carbocycles. The van der Waals surface area contributed by atoms with E-state index in [9.17, 15) is 14.7 Å². The molecule has 8 heteroatoms. The van der Waals surface area contributed by atoms with E-state index < -0.39 is 23.7 Å². The number of rotatable bonds is 8. The van der Waals surface area contributed by atoms with Crippen LogP contribution in [-0.2, 0) is 11.2 Å². The lowest BCUT2D eigenvalue weighted by Crippen LogP contribution is -2.67. The Morgan fingerprint density at radius 1 is 1.12 bits per heavy atom. The Morgan fingerprint density at radius 2 is 1.93 bits per heavy atom. The topological polar surface area (TPSA) is 92.4 Å². The Morgan fingerprint density at radius 3 is 2.64 bits per heavy atom. The highest BCUT2D eigenvalue weighted by molar-refractivity contribution is 5.94. The zero-order valence-electron chi connectivity index (χ0n) is 23.9. The van der Waals surface area contributed by atoms with Crippen LogP contribution in [0, 0.1) is 5.92 Å². The molecule has 1 N–H and O–H groups in total. The minimum Gasteiger partial charge on any atom is -0.493 e. The number of benzene rings is 2. The van der Waals surface area contributed by atoms with Crippen LogP contribution in [0.3, 0.4) is 0 Å². The Hall–Kier alpha value is -4.04. The van der Waals surface area contributed by atoms with Crippen LogP contribution < -0.4 is 9.47 Å². The van der Waals surface area contributed by atoms with Crippen LogP contribution in [0.4, 0.5) is 0 Å². The van der Waals surface area contributed by atoms with Gasteiger partial charge in [0.25, 0.3) is 5.91 Å². The molecule has 0 radical (unpaired) electrons. The summed E-state index contributed by atoms with van der Waals surface area (Å²) in [4.78, 5) is 31.0. The number of amides is 2. The molecule has 7 rings (SSSR count). The molecule has 0 saturated heterocycles. The van der Waals surface area contributed by atoms with Crippen molar-refractivity contribution < 1.29 is 28.6 Å².